The second-order valence-corrected chi connectivity index (χ2v) is 5.80. The van der Waals surface area contributed by atoms with Crippen LogP contribution in [0.15, 0.2) is 0 Å². The van der Waals surface area contributed by atoms with Crippen LogP contribution in [0.2, 0.25) is 0 Å². The van der Waals surface area contributed by atoms with Crippen molar-refractivity contribution in [3.8, 4) is 0 Å². The van der Waals surface area contributed by atoms with E-state index in [1.165, 1.54) is 64.6 Å². The van der Waals surface area contributed by atoms with Gasteiger partial charge in [-0.25, -0.2) is 0 Å². The third kappa shape index (κ3) is 6.42. The van der Waals surface area contributed by atoms with Crippen LogP contribution in [0.25, 0.3) is 0 Å². The molecule has 0 saturated carbocycles. The molecule has 0 aromatic heterocycles. The summed E-state index contributed by atoms with van der Waals surface area (Å²) in [5.41, 5.74) is 0. The molecule has 0 aliphatic carbocycles. The minimum Gasteiger partial charge on any atom is -0.313 e. The van der Waals surface area contributed by atoms with Crippen molar-refractivity contribution >= 4 is 0 Å². The zero-order valence-electron chi connectivity index (χ0n) is 12.2. The number of nitrogens with one attached hydrogen (secondary N) is 1. The van der Waals surface area contributed by atoms with E-state index in [1.54, 1.807) is 0 Å². The number of rotatable bonds is 9. The lowest BCUT2D eigenvalue weighted by molar-refractivity contribution is 0.198. The molecule has 0 aromatic rings. The first-order chi connectivity index (χ1) is 8.24. The van der Waals surface area contributed by atoms with Crippen LogP contribution < -0.4 is 5.32 Å². The molecule has 1 heterocycles. The minimum absolute atomic E-state index is 0.698. The fourth-order valence-electron chi connectivity index (χ4n) is 2.67. The molecule has 0 aromatic carbocycles. The van der Waals surface area contributed by atoms with E-state index in [0.29, 0.717) is 6.04 Å². The molecule has 2 nitrogen and oxygen atoms in total. The van der Waals surface area contributed by atoms with Gasteiger partial charge in [-0.05, 0) is 46.2 Å². The average molecular weight is 240 g/mol. The lowest BCUT2D eigenvalue weighted by Crippen LogP contribution is -2.41. The summed E-state index contributed by atoms with van der Waals surface area (Å²) < 4.78 is 0. The van der Waals surface area contributed by atoms with Crippen LogP contribution in [0.1, 0.15) is 65.7 Å². The van der Waals surface area contributed by atoms with Gasteiger partial charge in [-0.15, -0.1) is 0 Å². The smallest absolute Gasteiger partial charge is 0.0195 e. The molecule has 0 bridgehead atoms. The van der Waals surface area contributed by atoms with Gasteiger partial charge in [-0.1, -0.05) is 32.6 Å². The summed E-state index contributed by atoms with van der Waals surface area (Å²) in [6.07, 6.45) is 9.71. The molecule has 0 spiro atoms. The zero-order chi connectivity index (χ0) is 12.5. The van der Waals surface area contributed by atoms with Crippen molar-refractivity contribution in [3.63, 3.8) is 0 Å². The van der Waals surface area contributed by atoms with E-state index in [2.05, 4.69) is 31.0 Å². The third-order valence-corrected chi connectivity index (χ3v) is 3.90. The maximum Gasteiger partial charge on any atom is 0.0195 e. The molecule has 1 rings (SSSR count). The Morgan fingerprint density at radius 2 is 1.94 bits per heavy atom. The summed E-state index contributed by atoms with van der Waals surface area (Å²) in [7, 11) is 0. The normalized spacial score (nSPS) is 20.6. The van der Waals surface area contributed by atoms with Gasteiger partial charge in [-0.3, -0.25) is 4.90 Å². The Morgan fingerprint density at radius 1 is 1.18 bits per heavy atom. The van der Waals surface area contributed by atoms with Crippen molar-refractivity contribution in [2.75, 3.05) is 19.6 Å². The van der Waals surface area contributed by atoms with Gasteiger partial charge < -0.3 is 5.32 Å². The standard InChI is InChI=1S/C15H32N2/c1-4-5-6-7-8-12-17(14(2)3)13-15-10-9-11-16-15/h14-16H,4-13H2,1-3H3. The van der Waals surface area contributed by atoms with Crippen LogP contribution in [0, 0.1) is 0 Å². The van der Waals surface area contributed by atoms with E-state index >= 15 is 0 Å². The predicted molar refractivity (Wildman–Crippen MR) is 76.5 cm³/mol. The average Bonchev–Trinajstić information content (AvgIpc) is 2.79. The molecule has 1 aliphatic heterocycles. The van der Waals surface area contributed by atoms with E-state index in [9.17, 15) is 0 Å². The topological polar surface area (TPSA) is 15.3 Å². The second-order valence-electron chi connectivity index (χ2n) is 5.80. The molecular weight excluding hydrogens is 208 g/mol. The molecule has 17 heavy (non-hydrogen) atoms. The molecule has 1 unspecified atom stereocenters. The molecule has 1 N–H and O–H groups in total. The summed E-state index contributed by atoms with van der Waals surface area (Å²) in [5, 5.41) is 3.61. The molecular formula is C15H32N2. The van der Waals surface area contributed by atoms with Gasteiger partial charge in [0.05, 0.1) is 0 Å². The molecule has 0 radical (unpaired) electrons. The fourth-order valence-corrected chi connectivity index (χ4v) is 2.67. The fraction of sp³-hybridized carbons (Fsp3) is 1.00. The summed E-state index contributed by atoms with van der Waals surface area (Å²) >= 11 is 0. The first-order valence-corrected chi connectivity index (χ1v) is 7.71. The Morgan fingerprint density at radius 3 is 2.53 bits per heavy atom. The SMILES string of the molecule is CCCCCCCN(CC1CCCN1)C(C)C. The first kappa shape index (κ1) is 15.0. The quantitative estimate of drug-likeness (QED) is 0.621. The van der Waals surface area contributed by atoms with Gasteiger partial charge in [0.1, 0.15) is 0 Å². The van der Waals surface area contributed by atoms with Crippen LogP contribution in [0.5, 0.6) is 0 Å². The Labute approximate surface area is 108 Å². The Hall–Kier alpha value is -0.0800. The highest BCUT2D eigenvalue weighted by Gasteiger charge is 2.18. The molecule has 0 amide bonds. The highest BCUT2D eigenvalue weighted by molar-refractivity contribution is 4.79. The zero-order valence-corrected chi connectivity index (χ0v) is 12.2. The highest BCUT2D eigenvalue weighted by Crippen LogP contribution is 2.11. The summed E-state index contributed by atoms with van der Waals surface area (Å²) in [5.74, 6) is 0. The van der Waals surface area contributed by atoms with E-state index in [0.717, 1.165) is 6.04 Å². The minimum atomic E-state index is 0.698. The van der Waals surface area contributed by atoms with Gasteiger partial charge in [0, 0.05) is 18.6 Å². The summed E-state index contributed by atoms with van der Waals surface area (Å²) in [6.45, 7) is 10.7. The lowest BCUT2D eigenvalue weighted by atomic mass is 10.1. The van der Waals surface area contributed by atoms with E-state index in [1.807, 2.05) is 0 Å². The van der Waals surface area contributed by atoms with Crippen LogP contribution in [-0.4, -0.2) is 36.6 Å². The second kappa shape index (κ2) is 8.93. The molecule has 2 heteroatoms. The molecule has 1 aliphatic rings. The van der Waals surface area contributed by atoms with Gasteiger partial charge >= 0.3 is 0 Å². The first-order valence-electron chi connectivity index (χ1n) is 7.71. The van der Waals surface area contributed by atoms with Crippen LogP contribution in [0.3, 0.4) is 0 Å². The van der Waals surface area contributed by atoms with Crippen LogP contribution in [0.4, 0.5) is 0 Å². The Balaban J connectivity index is 2.13. The van der Waals surface area contributed by atoms with Gasteiger partial charge in [0.25, 0.3) is 0 Å². The van der Waals surface area contributed by atoms with Crippen molar-refractivity contribution < 1.29 is 0 Å². The van der Waals surface area contributed by atoms with Gasteiger partial charge in [0.15, 0.2) is 0 Å². The lowest BCUT2D eigenvalue weighted by Gasteiger charge is -2.29. The number of hydrogen-bond donors (Lipinski definition) is 1. The van der Waals surface area contributed by atoms with E-state index < -0.39 is 0 Å². The highest BCUT2D eigenvalue weighted by atomic mass is 15.2. The maximum atomic E-state index is 3.61. The van der Waals surface area contributed by atoms with Crippen molar-refractivity contribution in [2.24, 2.45) is 0 Å². The van der Waals surface area contributed by atoms with E-state index in [4.69, 9.17) is 0 Å². The molecule has 1 saturated heterocycles. The summed E-state index contributed by atoms with van der Waals surface area (Å²) in [6, 6.07) is 1.46. The molecule has 1 atom stereocenters. The van der Waals surface area contributed by atoms with Crippen LogP contribution in [-0.2, 0) is 0 Å². The van der Waals surface area contributed by atoms with Crippen molar-refractivity contribution in [3.05, 3.63) is 0 Å². The van der Waals surface area contributed by atoms with Crippen LogP contribution >= 0.6 is 0 Å². The van der Waals surface area contributed by atoms with Crippen molar-refractivity contribution in [2.45, 2.75) is 77.8 Å². The Kier molecular flexibility index (Phi) is 7.87. The van der Waals surface area contributed by atoms with Gasteiger partial charge in [0.2, 0.25) is 0 Å². The summed E-state index contributed by atoms with van der Waals surface area (Å²) in [4.78, 5) is 2.66. The predicted octanol–water partition coefficient (Wildman–Crippen LogP) is 3.42. The molecule has 102 valence electrons. The largest absolute Gasteiger partial charge is 0.313 e. The van der Waals surface area contributed by atoms with Gasteiger partial charge in [-0.2, -0.15) is 0 Å². The third-order valence-electron chi connectivity index (χ3n) is 3.90. The number of nitrogens with zero attached hydrogens (tertiary/aromatic N) is 1. The molecule has 1 fully saturated rings. The van der Waals surface area contributed by atoms with E-state index in [-0.39, 0.29) is 0 Å². The number of unbranched alkanes of at least 4 members (excludes halogenated alkanes) is 4. The monoisotopic (exact) mass is 240 g/mol. The number of hydrogen-bond acceptors (Lipinski definition) is 2. The van der Waals surface area contributed by atoms with Crippen molar-refractivity contribution in [1.82, 2.24) is 10.2 Å². The maximum absolute atomic E-state index is 3.61. The van der Waals surface area contributed by atoms with Crippen molar-refractivity contribution in [1.29, 1.82) is 0 Å². The Bertz CT molecular complexity index is 174.